The van der Waals surface area contributed by atoms with E-state index in [1.165, 1.54) is 0 Å². The second-order valence-electron chi connectivity index (χ2n) is 6.30. The van der Waals surface area contributed by atoms with Crippen LogP contribution in [-0.2, 0) is 6.42 Å². The lowest BCUT2D eigenvalue weighted by Crippen LogP contribution is -2.33. The fourth-order valence-electron chi connectivity index (χ4n) is 2.82. The fraction of sp³-hybridized carbons (Fsp3) is 0.238. The Kier molecular flexibility index (Phi) is 6.16. The monoisotopic (exact) mass is 381 g/mol. The lowest BCUT2D eigenvalue weighted by atomic mass is 9.98. The average molecular weight is 381 g/mol. The van der Waals surface area contributed by atoms with Crippen molar-refractivity contribution in [3.8, 4) is 11.5 Å². The molecule has 0 bridgehead atoms. The van der Waals surface area contributed by atoms with Crippen molar-refractivity contribution < 1.29 is 18.8 Å². The highest BCUT2D eigenvalue weighted by Crippen LogP contribution is 2.23. The highest BCUT2D eigenvalue weighted by molar-refractivity contribution is 5.88. The van der Waals surface area contributed by atoms with E-state index in [0.717, 1.165) is 22.6 Å². The van der Waals surface area contributed by atoms with Gasteiger partial charge < -0.3 is 19.3 Å². The normalized spacial score (nSPS) is 11.5. The third-order valence-electron chi connectivity index (χ3n) is 4.29. The van der Waals surface area contributed by atoms with Crippen LogP contribution in [-0.4, -0.2) is 25.4 Å². The van der Waals surface area contributed by atoms with Crippen LogP contribution in [0.5, 0.6) is 11.5 Å². The summed E-state index contributed by atoms with van der Waals surface area (Å²) in [4.78, 5) is 12.5. The number of carbonyl (C=O) groups is 1. The number of carbonyl (C=O) groups excluding carboxylic acids is 1. The van der Waals surface area contributed by atoms with Crippen LogP contribution < -0.4 is 20.1 Å². The Labute approximate surface area is 163 Å². The molecule has 7 heteroatoms. The molecule has 0 aliphatic carbocycles. The van der Waals surface area contributed by atoms with Crippen LogP contribution >= 0.6 is 0 Å². The van der Waals surface area contributed by atoms with E-state index >= 15 is 0 Å². The van der Waals surface area contributed by atoms with Gasteiger partial charge in [-0.05, 0) is 48.7 Å². The molecule has 1 heterocycles. The molecule has 0 saturated carbocycles. The summed E-state index contributed by atoms with van der Waals surface area (Å²) in [5.41, 5.74) is 2.03. The first kappa shape index (κ1) is 19.3. The van der Waals surface area contributed by atoms with Gasteiger partial charge >= 0.3 is 6.03 Å². The van der Waals surface area contributed by atoms with E-state index in [4.69, 9.17) is 14.0 Å². The van der Waals surface area contributed by atoms with Crippen molar-refractivity contribution in [3.05, 3.63) is 71.5 Å². The topological polar surface area (TPSA) is 85.6 Å². The number of nitrogens with zero attached hydrogens (tertiary/aromatic N) is 1. The van der Waals surface area contributed by atoms with Crippen LogP contribution in [0.4, 0.5) is 10.6 Å². The Bertz CT molecular complexity index is 904. The van der Waals surface area contributed by atoms with Crippen molar-refractivity contribution in [1.29, 1.82) is 0 Å². The zero-order valence-corrected chi connectivity index (χ0v) is 16.1. The number of aromatic nitrogens is 1. The number of ether oxygens (including phenoxy) is 2. The van der Waals surface area contributed by atoms with Gasteiger partial charge in [0, 0.05) is 6.07 Å². The molecule has 2 N–H and O–H groups in total. The Hall–Kier alpha value is -3.48. The smallest absolute Gasteiger partial charge is 0.320 e. The number of anilines is 1. The number of hydrogen-bond donors (Lipinski definition) is 2. The molecule has 2 aromatic carbocycles. The van der Waals surface area contributed by atoms with E-state index < -0.39 is 0 Å². The molecule has 146 valence electrons. The summed E-state index contributed by atoms with van der Waals surface area (Å²) >= 11 is 0. The van der Waals surface area contributed by atoms with Gasteiger partial charge in [0.2, 0.25) is 0 Å². The van der Waals surface area contributed by atoms with Crippen LogP contribution in [0.2, 0.25) is 0 Å². The predicted octanol–water partition coefficient (Wildman–Crippen LogP) is 4.11. The van der Waals surface area contributed by atoms with Crippen molar-refractivity contribution in [3.63, 3.8) is 0 Å². The van der Waals surface area contributed by atoms with Gasteiger partial charge in [-0.2, -0.15) is 0 Å². The third-order valence-corrected chi connectivity index (χ3v) is 4.29. The Balaban J connectivity index is 1.76. The Morgan fingerprint density at radius 1 is 1.04 bits per heavy atom. The van der Waals surface area contributed by atoms with E-state index in [1.54, 1.807) is 27.2 Å². The molecule has 7 nitrogen and oxygen atoms in total. The number of urea groups is 1. The molecule has 0 spiro atoms. The lowest BCUT2D eigenvalue weighted by molar-refractivity contribution is 0.248. The van der Waals surface area contributed by atoms with Gasteiger partial charge in [0.15, 0.2) is 5.82 Å². The first-order valence-corrected chi connectivity index (χ1v) is 8.85. The number of amides is 2. The molecule has 3 aromatic rings. The van der Waals surface area contributed by atoms with Crippen molar-refractivity contribution in [1.82, 2.24) is 10.5 Å². The largest absolute Gasteiger partial charge is 0.497 e. The van der Waals surface area contributed by atoms with Gasteiger partial charge in [0.25, 0.3) is 0 Å². The molecule has 0 aliphatic heterocycles. The molecule has 1 aromatic heterocycles. The van der Waals surface area contributed by atoms with Gasteiger partial charge in [-0.3, -0.25) is 5.32 Å². The minimum Gasteiger partial charge on any atom is -0.497 e. The van der Waals surface area contributed by atoms with Crippen LogP contribution in [0, 0.1) is 6.92 Å². The molecule has 2 amide bonds. The maximum Gasteiger partial charge on any atom is 0.320 e. The summed E-state index contributed by atoms with van der Waals surface area (Å²) in [5, 5.41) is 9.48. The first-order chi connectivity index (χ1) is 13.6. The van der Waals surface area contributed by atoms with Crippen LogP contribution in [0.1, 0.15) is 22.9 Å². The minimum atomic E-state index is -0.359. The number of hydrogen-bond acceptors (Lipinski definition) is 5. The lowest BCUT2D eigenvalue weighted by Gasteiger charge is -2.20. The van der Waals surface area contributed by atoms with Gasteiger partial charge in [-0.1, -0.05) is 29.4 Å². The molecular formula is C21H23N3O4. The predicted molar refractivity (Wildman–Crippen MR) is 106 cm³/mol. The molecule has 3 rings (SSSR count). The molecule has 1 atom stereocenters. The fourth-order valence-corrected chi connectivity index (χ4v) is 2.82. The summed E-state index contributed by atoms with van der Waals surface area (Å²) in [6.07, 6.45) is 0.613. The summed E-state index contributed by atoms with van der Waals surface area (Å²) in [7, 11) is 3.25. The summed E-state index contributed by atoms with van der Waals surface area (Å²) < 4.78 is 15.4. The average Bonchev–Trinajstić information content (AvgIpc) is 3.12. The molecule has 0 saturated heterocycles. The van der Waals surface area contributed by atoms with Crippen LogP contribution in [0.25, 0.3) is 0 Å². The number of aryl methyl sites for hydroxylation is 1. The molecule has 0 radical (unpaired) electrons. The van der Waals surface area contributed by atoms with Gasteiger partial charge in [0.1, 0.15) is 17.3 Å². The molecular weight excluding hydrogens is 358 g/mol. The maximum atomic E-state index is 12.5. The highest BCUT2D eigenvalue weighted by Gasteiger charge is 2.17. The molecule has 0 fully saturated rings. The van der Waals surface area contributed by atoms with E-state index in [1.807, 2.05) is 48.5 Å². The number of methoxy groups -OCH3 is 2. The van der Waals surface area contributed by atoms with Crippen LogP contribution in [0.3, 0.4) is 0 Å². The van der Waals surface area contributed by atoms with Crippen molar-refractivity contribution in [2.45, 2.75) is 19.4 Å². The van der Waals surface area contributed by atoms with E-state index in [2.05, 4.69) is 15.8 Å². The van der Waals surface area contributed by atoms with Crippen LogP contribution in [0.15, 0.2) is 59.1 Å². The number of nitrogens with one attached hydrogen (secondary N) is 2. The zero-order chi connectivity index (χ0) is 19.9. The second kappa shape index (κ2) is 8.94. The summed E-state index contributed by atoms with van der Waals surface area (Å²) in [5.74, 6) is 2.54. The SMILES string of the molecule is COc1ccc(CC(NC(=O)Nc2cc(C)on2)c2ccc(OC)cc2)cc1. The van der Waals surface area contributed by atoms with E-state index in [0.29, 0.717) is 18.0 Å². The zero-order valence-electron chi connectivity index (χ0n) is 16.1. The molecule has 28 heavy (non-hydrogen) atoms. The van der Waals surface area contributed by atoms with Gasteiger partial charge in [-0.15, -0.1) is 0 Å². The second-order valence-corrected chi connectivity index (χ2v) is 6.30. The summed E-state index contributed by atoms with van der Waals surface area (Å²) in [6.45, 7) is 1.76. The number of benzene rings is 2. The third kappa shape index (κ3) is 5.03. The Morgan fingerprint density at radius 2 is 1.64 bits per heavy atom. The maximum absolute atomic E-state index is 12.5. The standard InChI is InChI=1S/C21H23N3O4/c1-14-12-20(24-28-14)23-21(25)22-19(16-6-10-18(27-3)11-7-16)13-15-4-8-17(26-2)9-5-15/h4-12,19H,13H2,1-3H3,(H2,22,23,24,25). The van der Waals surface area contributed by atoms with Crippen molar-refractivity contribution in [2.75, 3.05) is 19.5 Å². The quantitative estimate of drug-likeness (QED) is 0.643. The first-order valence-electron chi connectivity index (χ1n) is 8.85. The highest BCUT2D eigenvalue weighted by atomic mass is 16.5. The van der Waals surface area contributed by atoms with E-state index in [-0.39, 0.29) is 12.1 Å². The van der Waals surface area contributed by atoms with Gasteiger partial charge in [-0.25, -0.2) is 4.79 Å². The molecule has 1 unspecified atom stereocenters. The van der Waals surface area contributed by atoms with E-state index in [9.17, 15) is 4.79 Å². The Morgan fingerprint density at radius 3 is 2.18 bits per heavy atom. The summed E-state index contributed by atoms with van der Waals surface area (Å²) in [6, 6.07) is 16.4. The number of rotatable bonds is 7. The minimum absolute atomic E-state index is 0.243. The van der Waals surface area contributed by atoms with Crippen molar-refractivity contribution >= 4 is 11.8 Å². The van der Waals surface area contributed by atoms with Crippen molar-refractivity contribution in [2.24, 2.45) is 0 Å². The molecule has 0 aliphatic rings. The van der Waals surface area contributed by atoms with Gasteiger partial charge in [0.05, 0.1) is 20.3 Å².